The molecule has 0 N–H and O–H groups in total. The summed E-state index contributed by atoms with van der Waals surface area (Å²) in [6.07, 6.45) is 0. The molecule has 0 atom stereocenters. The third-order valence-electron chi connectivity index (χ3n) is 4.19. The van der Waals surface area contributed by atoms with E-state index in [-0.39, 0.29) is 11.7 Å². The van der Waals surface area contributed by atoms with E-state index in [1.54, 1.807) is 44.4 Å². The molecule has 0 spiro atoms. The van der Waals surface area contributed by atoms with Crippen LogP contribution >= 0.6 is 11.6 Å². The first-order chi connectivity index (χ1) is 13.0. The number of para-hydroxylation sites is 1. The SMILES string of the molecule is COc1cccc(CN(C)C(=O)c2ccc(-c3ccccc3Cl)o2)c1OC. The molecule has 0 aliphatic carbocycles. The second-order valence-corrected chi connectivity index (χ2v) is 6.36. The van der Waals surface area contributed by atoms with Crippen LogP contribution in [0, 0.1) is 0 Å². The number of hydrogen-bond donors (Lipinski definition) is 0. The third kappa shape index (κ3) is 3.93. The third-order valence-corrected chi connectivity index (χ3v) is 4.52. The van der Waals surface area contributed by atoms with Crippen molar-refractivity contribution in [1.82, 2.24) is 4.90 Å². The van der Waals surface area contributed by atoms with Gasteiger partial charge in [0, 0.05) is 24.7 Å². The van der Waals surface area contributed by atoms with Gasteiger partial charge in [0.15, 0.2) is 17.3 Å². The number of methoxy groups -OCH3 is 2. The number of amides is 1. The molecule has 0 saturated carbocycles. The van der Waals surface area contributed by atoms with E-state index in [9.17, 15) is 4.79 Å². The fraction of sp³-hybridized carbons (Fsp3) is 0.190. The number of carbonyl (C=O) groups is 1. The van der Waals surface area contributed by atoms with Gasteiger partial charge in [-0.25, -0.2) is 0 Å². The Balaban J connectivity index is 1.80. The van der Waals surface area contributed by atoms with Crippen LogP contribution in [-0.2, 0) is 6.54 Å². The Morgan fingerprint density at radius 1 is 1.04 bits per heavy atom. The zero-order chi connectivity index (χ0) is 19.4. The lowest BCUT2D eigenvalue weighted by Crippen LogP contribution is -2.26. The highest BCUT2D eigenvalue weighted by molar-refractivity contribution is 6.33. The molecular formula is C21H20ClNO4. The summed E-state index contributed by atoms with van der Waals surface area (Å²) < 4.78 is 16.5. The number of hydrogen-bond acceptors (Lipinski definition) is 4. The summed E-state index contributed by atoms with van der Waals surface area (Å²) in [6, 6.07) is 16.3. The van der Waals surface area contributed by atoms with Gasteiger partial charge in [0.25, 0.3) is 5.91 Å². The lowest BCUT2D eigenvalue weighted by Gasteiger charge is -2.19. The van der Waals surface area contributed by atoms with E-state index in [0.717, 1.165) is 11.1 Å². The van der Waals surface area contributed by atoms with Crippen LogP contribution in [-0.4, -0.2) is 32.1 Å². The van der Waals surface area contributed by atoms with Crippen LogP contribution in [0.3, 0.4) is 0 Å². The number of halogens is 1. The van der Waals surface area contributed by atoms with Crippen LogP contribution in [0.25, 0.3) is 11.3 Å². The van der Waals surface area contributed by atoms with Crippen LogP contribution < -0.4 is 9.47 Å². The molecule has 0 aliphatic rings. The number of rotatable bonds is 6. The van der Waals surface area contributed by atoms with Crippen LogP contribution in [0.1, 0.15) is 16.1 Å². The molecule has 3 rings (SSSR count). The van der Waals surface area contributed by atoms with Gasteiger partial charge in [-0.2, -0.15) is 0 Å². The number of nitrogens with zero attached hydrogens (tertiary/aromatic N) is 1. The van der Waals surface area contributed by atoms with Crippen molar-refractivity contribution in [2.45, 2.75) is 6.54 Å². The average Bonchev–Trinajstić information content (AvgIpc) is 3.17. The predicted molar refractivity (Wildman–Crippen MR) is 104 cm³/mol. The molecule has 0 aliphatic heterocycles. The molecule has 0 radical (unpaired) electrons. The Hall–Kier alpha value is -2.92. The van der Waals surface area contributed by atoms with E-state index in [2.05, 4.69) is 0 Å². The Kier molecular flexibility index (Phi) is 5.72. The molecule has 3 aromatic rings. The molecule has 1 aromatic heterocycles. The van der Waals surface area contributed by atoms with Gasteiger partial charge in [-0.05, 0) is 30.3 Å². The van der Waals surface area contributed by atoms with Gasteiger partial charge < -0.3 is 18.8 Å². The normalized spacial score (nSPS) is 10.5. The predicted octanol–water partition coefficient (Wildman–Crippen LogP) is 4.89. The monoisotopic (exact) mass is 385 g/mol. The largest absolute Gasteiger partial charge is 0.493 e. The average molecular weight is 386 g/mol. The summed E-state index contributed by atoms with van der Waals surface area (Å²) in [5, 5.41) is 0.570. The molecule has 27 heavy (non-hydrogen) atoms. The molecule has 140 valence electrons. The quantitative estimate of drug-likeness (QED) is 0.606. The van der Waals surface area contributed by atoms with E-state index in [0.29, 0.717) is 28.8 Å². The highest BCUT2D eigenvalue weighted by atomic mass is 35.5. The van der Waals surface area contributed by atoms with Gasteiger partial charge in [0.2, 0.25) is 0 Å². The lowest BCUT2D eigenvalue weighted by molar-refractivity contribution is 0.0753. The minimum atomic E-state index is -0.238. The molecule has 1 heterocycles. The number of furan rings is 1. The first kappa shape index (κ1) is 18.9. The van der Waals surface area contributed by atoms with Crippen molar-refractivity contribution in [3.8, 4) is 22.8 Å². The Bertz CT molecular complexity index is 951. The fourth-order valence-electron chi connectivity index (χ4n) is 2.85. The van der Waals surface area contributed by atoms with Crippen molar-refractivity contribution >= 4 is 17.5 Å². The minimum absolute atomic E-state index is 0.238. The van der Waals surface area contributed by atoms with E-state index < -0.39 is 0 Å². The van der Waals surface area contributed by atoms with Crippen LogP contribution in [0.15, 0.2) is 59.0 Å². The number of ether oxygens (including phenoxy) is 2. The Labute approximate surface area is 163 Å². The second-order valence-electron chi connectivity index (χ2n) is 5.96. The summed E-state index contributed by atoms with van der Waals surface area (Å²) in [7, 11) is 4.86. The molecular weight excluding hydrogens is 366 g/mol. The zero-order valence-electron chi connectivity index (χ0n) is 15.4. The Morgan fingerprint density at radius 2 is 1.81 bits per heavy atom. The van der Waals surface area contributed by atoms with Crippen molar-refractivity contribution in [3.63, 3.8) is 0 Å². The maximum absolute atomic E-state index is 12.8. The fourth-order valence-corrected chi connectivity index (χ4v) is 3.08. The first-order valence-corrected chi connectivity index (χ1v) is 8.73. The maximum atomic E-state index is 12.8. The summed E-state index contributed by atoms with van der Waals surface area (Å²) in [5.41, 5.74) is 1.58. The van der Waals surface area contributed by atoms with Crippen molar-refractivity contribution in [3.05, 3.63) is 70.9 Å². The molecule has 6 heteroatoms. The van der Waals surface area contributed by atoms with Gasteiger partial charge in [0.1, 0.15) is 5.76 Å². The smallest absolute Gasteiger partial charge is 0.289 e. The number of benzene rings is 2. The standard InChI is InChI=1S/C21H20ClNO4/c1-23(13-14-7-6-10-18(25-2)20(14)26-3)21(24)19-12-11-17(27-19)15-8-4-5-9-16(15)22/h4-12H,13H2,1-3H3. The van der Waals surface area contributed by atoms with Crippen LogP contribution in [0.2, 0.25) is 5.02 Å². The summed E-state index contributed by atoms with van der Waals surface area (Å²) in [6.45, 7) is 0.349. The highest BCUT2D eigenvalue weighted by Crippen LogP contribution is 2.32. The van der Waals surface area contributed by atoms with Crippen molar-refractivity contribution in [2.24, 2.45) is 0 Å². The van der Waals surface area contributed by atoms with E-state index in [1.165, 1.54) is 0 Å². The minimum Gasteiger partial charge on any atom is -0.493 e. The van der Waals surface area contributed by atoms with Gasteiger partial charge in [-0.1, -0.05) is 35.9 Å². The Morgan fingerprint density at radius 3 is 2.52 bits per heavy atom. The topological polar surface area (TPSA) is 51.9 Å². The van der Waals surface area contributed by atoms with Gasteiger partial charge >= 0.3 is 0 Å². The highest BCUT2D eigenvalue weighted by Gasteiger charge is 2.20. The van der Waals surface area contributed by atoms with Crippen molar-refractivity contribution in [2.75, 3.05) is 21.3 Å². The molecule has 0 unspecified atom stereocenters. The van der Waals surface area contributed by atoms with E-state index in [1.807, 2.05) is 36.4 Å². The summed E-state index contributed by atoms with van der Waals surface area (Å²) in [4.78, 5) is 14.3. The molecule has 5 nitrogen and oxygen atoms in total. The summed E-state index contributed by atoms with van der Waals surface area (Å²) >= 11 is 6.20. The summed E-state index contributed by atoms with van der Waals surface area (Å²) in [5.74, 6) is 1.79. The van der Waals surface area contributed by atoms with Crippen LogP contribution in [0.4, 0.5) is 0 Å². The molecule has 0 saturated heterocycles. The van der Waals surface area contributed by atoms with Gasteiger partial charge in [-0.15, -0.1) is 0 Å². The molecule has 0 bridgehead atoms. The number of carbonyl (C=O) groups excluding carboxylic acids is 1. The van der Waals surface area contributed by atoms with Crippen molar-refractivity contribution < 1.29 is 18.7 Å². The molecule has 1 amide bonds. The maximum Gasteiger partial charge on any atom is 0.289 e. The van der Waals surface area contributed by atoms with Gasteiger partial charge in [-0.3, -0.25) is 4.79 Å². The second kappa shape index (κ2) is 8.18. The molecule has 2 aromatic carbocycles. The van der Waals surface area contributed by atoms with Crippen molar-refractivity contribution in [1.29, 1.82) is 0 Å². The van der Waals surface area contributed by atoms with E-state index >= 15 is 0 Å². The van der Waals surface area contributed by atoms with E-state index in [4.69, 9.17) is 25.5 Å². The lowest BCUT2D eigenvalue weighted by atomic mass is 10.1. The zero-order valence-corrected chi connectivity index (χ0v) is 16.1. The molecule has 0 fully saturated rings. The first-order valence-electron chi connectivity index (χ1n) is 8.35. The van der Waals surface area contributed by atoms with Gasteiger partial charge in [0.05, 0.1) is 19.2 Å². The van der Waals surface area contributed by atoms with Crippen LogP contribution in [0.5, 0.6) is 11.5 Å².